The molecule has 0 radical (unpaired) electrons. The normalized spacial score (nSPS) is 14.1. The summed E-state index contributed by atoms with van der Waals surface area (Å²) < 4.78 is 32.4. The van der Waals surface area contributed by atoms with Crippen LogP contribution in [0.15, 0.2) is 43.0 Å². The first-order valence-corrected chi connectivity index (χ1v) is 7.39. The molecule has 6 heteroatoms. The van der Waals surface area contributed by atoms with Crippen molar-refractivity contribution >= 4 is 17.2 Å². The maximum atomic E-state index is 14.0. The lowest BCUT2D eigenvalue weighted by molar-refractivity contribution is -0.119. The largest absolute Gasteiger partial charge is 0.398 e. The number of anilines is 1. The van der Waals surface area contributed by atoms with Crippen LogP contribution in [0.2, 0.25) is 0 Å². The molecule has 0 saturated carbocycles. The first-order chi connectivity index (χ1) is 11.5. The Morgan fingerprint density at radius 3 is 2.67 bits per heavy atom. The van der Waals surface area contributed by atoms with Crippen LogP contribution >= 0.6 is 0 Å². The van der Waals surface area contributed by atoms with Crippen molar-refractivity contribution in [3.8, 4) is 11.1 Å². The van der Waals surface area contributed by atoms with Crippen molar-refractivity contribution < 1.29 is 18.3 Å². The van der Waals surface area contributed by atoms with E-state index in [0.717, 1.165) is 6.07 Å². The number of rotatable bonds is 4. The highest BCUT2D eigenvalue weighted by atomic mass is 19.2. The highest BCUT2D eigenvalue weighted by Crippen LogP contribution is 2.30. The standard InChI is InChI=1S/C18H16F2N2O2/c1-10(18(23)22-12-8-24-9-12)14-7-11(5-6-16(14)21)13-3-2-4-15(19)17(13)20/h2-7,12H,1,8-9,21H2,(H,22,23). The van der Waals surface area contributed by atoms with Crippen molar-refractivity contribution in [1.29, 1.82) is 0 Å². The number of ether oxygens (including phenoxy) is 1. The molecular formula is C18H16F2N2O2. The molecule has 1 aliphatic rings. The smallest absolute Gasteiger partial charge is 0.251 e. The average molecular weight is 330 g/mol. The van der Waals surface area contributed by atoms with Gasteiger partial charge in [0.25, 0.3) is 5.91 Å². The van der Waals surface area contributed by atoms with Crippen LogP contribution in [0.4, 0.5) is 14.5 Å². The molecule has 1 aliphatic heterocycles. The fraction of sp³-hybridized carbons (Fsp3) is 0.167. The molecule has 1 heterocycles. The lowest BCUT2D eigenvalue weighted by Gasteiger charge is -2.27. The Hall–Kier alpha value is -2.73. The molecular weight excluding hydrogens is 314 g/mol. The SMILES string of the molecule is C=C(C(=O)NC1COC1)c1cc(-c2cccc(F)c2F)ccc1N. The summed E-state index contributed by atoms with van der Waals surface area (Å²) in [5.41, 5.74) is 7.31. The number of halogens is 2. The summed E-state index contributed by atoms with van der Waals surface area (Å²) in [5, 5.41) is 2.77. The lowest BCUT2D eigenvalue weighted by Crippen LogP contribution is -2.48. The number of hydrogen-bond acceptors (Lipinski definition) is 3. The third kappa shape index (κ3) is 3.00. The van der Waals surface area contributed by atoms with Crippen LogP contribution in [0.3, 0.4) is 0 Å². The zero-order valence-corrected chi connectivity index (χ0v) is 12.8. The zero-order chi connectivity index (χ0) is 17.3. The van der Waals surface area contributed by atoms with Crippen LogP contribution < -0.4 is 11.1 Å². The van der Waals surface area contributed by atoms with Gasteiger partial charge in [0.05, 0.1) is 19.3 Å². The topological polar surface area (TPSA) is 64.3 Å². The number of carbonyl (C=O) groups is 1. The molecule has 0 bridgehead atoms. The number of nitrogen functional groups attached to an aromatic ring is 1. The van der Waals surface area contributed by atoms with Gasteiger partial charge in [-0.3, -0.25) is 4.79 Å². The van der Waals surface area contributed by atoms with Crippen LogP contribution in [0.25, 0.3) is 16.7 Å². The highest BCUT2D eigenvalue weighted by molar-refractivity contribution is 6.20. The van der Waals surface area contributed by atoms with E-state index in [1.807, 2.05) is 0 Å². The van der Waals surface area contributed by atoms with Gasteiger partial charge in [-0.15, -0.1) is 0 Å². The Morgan fingerprint density at radius 1 is 1.25 bits per heavy atom. The van der Waals surface area contributed by atoms with Gasteiger partial charge in [0.1, 0.15) is 0 Å². The molecule has 3 rings (SSSR count). The minimum absolute atomic E-state index is 0.0423. The molecule has 124 valence electrons. The van der Waals surface area contributed by atoms with Crippen molar-refractivity contribution in [1.82, 2.24) is 5.32 Å². The second kappa shape index (κ2) is 6.41. The van der Waals surface area contributed by atoms with E-state index in [1.54, 1.807) is 12.1 Å². The number of benzene rings is 2. The van der Waals surface area contributed by atoms with E-state index >= 15 is 0 Å². The van der Waals surface area contributed by atoms with Crippen LogP contribution in [-0.2, 0) is 9.53 Å². The Balaban J connectivity index is 1.92. The molecule has 4 nitrogen and oxygen atoms in total. The van der Waals surface area contributed by atoms with Crippen molar-refractivity contribution in [2.75, 3.05) is 18.9 Å². The third-order valence-electron chi connectivity index (χ3n) is 3.89. The third-order valence-corrected chi connectivity index (χ3v) is 3.89. The van der Waals surface area contributed by atoms with Crippen molar-refractivity contribution in [3.05, 3.63) is 60.2 Å². The van der Waals surface area contributed by atoms with Gasteiger partial charge in [-0.05, 0) is 23.8 Å². The molecule has 3 N–H and O–H groups in total. The highest BCUT2D eigenvalue weighted by Gasteiger charge is 2.23. The lowest BCUT2D eigenvalue weighted by atomic mass is 9.97. The summed E-state index contributed by atoms with van der Waals surface area (Å²) >= 11 is 0. The van der Waals surface area contributed by atoms with E-state index < -0.39 is 11.6 Å². The van der Waals surface area contributed by atoms with E-state index in [2.05, 4.69) is 11.9 Å². The second-order valence-electron chi connectivity index (χ2n) is 5.59. The van der Waals surface area contributed by atoms with Gasteiger partial charge in [-0.25, -0.2) is 8.78 Å². The fourth-order valence-corrected chi connectivity index (χ4v) is 2.43. The molecule has 0 atom stereocenters. The van der Waals surface area contributed by atoms with Crippen molar-refractivity contribution in [3.63, 3.8) is 0 Å². The maximum absolute atomic E-state index is 14.0. The van der Waals surface area contributed by atoms with Crippen molar-refractivity contribution in [2.45, 2.75) is 6.04 Å². The number of amides is 1. The minimum Gasteiger partial charge on any atom is -0.398 e. The number of nitrogens with two attached hydrogens (primary N) is 1. The molecule has 24 heavy (non-hydrogen) atoms. The summed E-state index contributed by atoms with van der Waals surface area (Å²) in [6, 6.07) is 8.53. The predicted molar refractivity (Wildman–Crippen MR) is 88.0 cm³/mol. The summed E-state index contributed by atoms with van der Waals surface area (Å²) in [7, 11) is 0. The van der Waals surface area contributed by atoms with E-state index in [-0.39, 0.29) is 23.1 Å². The Labute approximate surface area is 137 Å². The summed E-state index contributed by atoms with van der Waals surface area (Å²) in [6.45, 7) is 4.69. The Kier molecular flexibility index (Phi) is 4.31. The Morgan fingerprint density at radius 2 is 2.00 bits per heavy atom. The molecule has 1 saturated heterocycles. The number of hydrogen-bond donors (Lipinski definition) is 2. The van der Waals surface area contributed by atoms with Crippen LogP contribution in [0, 0.1) is 11.6 Å². The van der Waals surface area contributed by atoms with E-state index in [9.17, 15) is 13.6 Å². The van der Waals surface area contributed by atoms with E-state index in [0.29, 0.717) is 30.0 Å². The summed E-state index contributed by atoms with van der Waals surface area (Å²) in [5.74, 6) is -2.26. The van der Waals surface area contributed by atoms with Crippen LogP contribution in [0.1, 0.15) is 5.56 Å². The molecule has 0 unspecified atom stereocenters. The van der Waals surface area contributed by atoms with Crippen LogP contribution in [-0.4, -0.2) is 25.2 Å². The molecule has 1 amide bonds. The van der Waals surface area contributed by atoms with Gasteiger partial charge in [-0.1, -0.05) is 24.8 Å². The van der Waals surface area contributed by atoms with E-state index in [4.69, 9.17) is 10.5 Å². The van der Waals surface area contributed by atoms with E-state index in [1.165, 1.54) is 18.2 Å². The molecule has 2 aromatic rings. The average Bonchev–Trinajstić information content (AvgIpc) is 2.53. The van der Waals surface area contributed by atoms with Gasteiger partial charge in [-0.2, -0.15) is 0 Å². The molecule has 1 fully saturated rings. The first kappa shape index (κ1) is 16.1. The Bertz CT molecular complexity index is 817. The number of nitrogens with one attached hydrogen (secondary N) is 1. The van der Waals surface area contributed by atoms with Gasteiger partial charge < -0.3 is 15.8 Å². The maximum Gasteiger partial charge on any atom is 0.251 e. The summed E-state index contributed by atoms with van der Waals surface area (Å²) in [4.78, 5) is 12.2. The van der Waals surface area contributed by atoms with Crippen molar-refractivity contribution in [2.24, 2.45) is 0 Å². The number of carbonyl (C=O) groups excluding carboxylic acids is 1. The van der Waals surface area contributed by atoms with Gasteiger partial charge in [0.2, 0.25) is 0 Å². The van der Waals surface area contributed by atoms with Crippen LogP contribution in [0.5, 0.6) is 0 Å². The first-order valence-electron chi connectivity index (χ1n) is 7.39. The quantitative estimate of drug-likeness (QED) is 0.669. The second-order valence-corrected chi connectivity index (χ2v) is 5.59. The zero-order valence-electron chi connectivity index (χ0n) is 12.8. The van der Waals surface area contributed by atoms with Gasteiger partial charge in [0, 0.05) is 22.4 Å². The molecule has 0 aromatic heterocycles. The van der Waals surface area contributed by atoms with Gasteiger partial charge in [0.15, 0.2) is 11.6 Å². The fourth-order valence-electron chi connectivity index (χ4n) is 2.43. The monoisotopic (exact) mass is 330 g/mol. The van der Waals surface area contributed by atoms with Gasteiger partial charge >= 0.3 is 0 Å². The molecule has 0 spiro atoms. The molecule has 2 aromatic carbocycles. The summed E-state index contributed by atoms with van der Waals surface area (Å²) in [6.07, 6.45) is 0. The molecule has 0 aliphatic carbocycles. The predicted octanol–water partition coefficient (Wildman–Crippen LogP) is 2.74. The minimum atomic E-state index is -0.949.